The molecule has 1 N–H and O–H groups in total. The van der Waals surface area contributed by atoms with Crippen molar-refractivity contribution < 1.29 is 4.39 Å². The number of aromatic amines is 1. The topological polar surface area (TPSA) is 38.5 Å². The van der Waals surface area contributed by atoms with Crippen LogP contribution in [0.4, 0.5) is 4.39 Å². The first-order valence-electron chi connectivity index (χ1n) is 7.81. The molecule has 0 spiro atoms. The van der Waals surface area contributed by atoms with Crippen molar-refractivity contribution in [1.82, 2.24) is 19.3 Å². The van der Waals surface area contributed by atoms with Gasteiger partial charge < -0.3 is 4.98 Å². The molecule has 0 atom stereocenters. The van der Waals surface area contributed by atoms with Crippen molar-refractivity contribution in [2.24, 2.45) is 0 Å². The fourth-order valence-electron chi connectivity index (χ4n) is 2.83. The van der Waals surface area contributed by atoms with Crippen LogP contribution in [0.15, 0.2) is 67.0 Å². The lowest BCUT2D eigenvalue weighted by atomic mass is 10.2. The molecule has 0 aliphatic carbocycles. The molecule has 0 saturated heterocycles. The summed E-state index contributed by atoms with van der Waals surface area (Å²) >= 11 is 5.42. The summed E-state index contributed by atoms with van der Waals surface area (Å²) in [6.07, 6.45) is 3.73. The molecule has 0 saturated carbocycles. The van der Waals surface area contributed by atoms with Crippen LogP contribution in [0.1, 0.15) is 5.69 Å². The average Bonchev–Trinajstić information content (AvgIpc) is 3.19. The number of rotatable bonds is 3. The van der Waals surface area contributed by atoms with Gasteiger partial charge in [-0.05, 0) is 55.5 Å². The zero-order chi connectivity index (χ0) is 17.4. The molecular formula is C19H15FN4S. The van der Waals surface area contributed by atoms with E-state index in [1.54, 1.807) is 12.1 Å². The summed E-state index contributed by atoms with van der Waals surface area (Å²) in [5, 5.41) is 4.49. The zero-order valence-electron chi connectivity index (χ0n) is 13.5. The second kappa shape index (κ2) is 6.14. The molecule has 0 unspecified atom stereocenters. The van der Waals surface area contributed by atoms with Crippen LogP contribution in [0.5, 0.6) is 0 Å². The van der Waals surface area contributed by atoms with Crippen LogP contribution in [0, 0.1) is 17.5 Å². The van der Waals surface area contributed by atoms with Crippen molar-refractivity contribution in [3.8, 4) is 22.6 Å². The van der Waals surface area contributed by atoms with Crippen LogP contribution in [0.2, 0.25) is 0 Å². The van der Waals surface area contributed by atoms with Crippen molar-refractivity contribution in [3.05, 3.63) is 83.3 Å². The van der Waals surface area contributed by atoms with E-state index in [-0.39, 0.29) is 5.82 Å². The maximum Gasteiger partial charge on any atom is 0.182 e. The van der Waals surface area contributed by atoms with Crippen LogP contribution < -0.4 is 0 Å². The minimum Gasteiger partial charge on any atom is -0.330 e. The average molecular weight is 350 g/mol. The summed E-state index contributed by atoms with van der Waals surface area (Å²) in [4.78, 5) is 3.21. The lowest BCUT2D eigenvalue weighted by Crippen LogP contribution is -1.98. The van der Waals surface area contributed by atoms with E-state index in [2.05, 4.69) is 10.1 Å². The number of hydrogen-bond donors (Lipinski definition) is 1. The van der Waals surface area contributed by atoms with Gasteiger partial charge in [0.2, 0.25) is 0 Å². The third-order valence-electron chi connectivity index (χ3n) is 4.12. The van der Waals surface area contributed by atoms with Crippen molar-refractivity contribution in [2.75, 3.05) is 0 Å². The van der Waals surface area contributed by atoms with Gasteiger partial charge in [0, 0.05) is 17.4 Å². The minimum atomic E-state index is -0.272. The van der Waals surface area contributed by atoms with Crippen LogP contribution in [-0.4, -0.2) is 19.3 Å². The molecule has 0 fully saturated rings. The van der Waals surface area contributed by atoms with Crippen molar-refractivity contribution in [2.45, 2.75) is 6.92 Å². The standard InChI is InChI=1S/C19H15FN4S/c1-13-17(11-21-24(13)16-5-3-2-4-6-16)18-12-23(19(25)22-18)15-9-7-14(20)8-10-15/h2-12H,1H3,(H,22,25). The van der Waals surface area contributed by atoms with Crippen LogP contribution >= 0.6 is 12.2 Å². The van der Waals surface area contributed by atoms with Gasteiger partial charge in [0.1, 0.15) is 5.82 Å². The van der Waals surface area contributed by atoms with E-state index in [0.29, 0.717) is 4.77 Å². The Bertz CT molecular complexity index is 1070. The molecule has 4 nitrogen and oxygen atoms in total. The lowest BCUT2D eigenvalue weighted by Gasteiger charge is -2.04. The molecule has 6 heteroatoms. The highest BCUT2D eigenvalue weighted by Gasteiger charge is 2.13. The zero-order valence-corrected chi connectivity index (χ0v) is 14.3. The van der Waals surface area contributed by atoms with Crippen LogP contribution in [0.25, 0.3) is 22.6 Å². The summed E-state index contributed by atoms with van der Waals surface area (Å²) < 4.78 is 17.4. The van der Waals surface area contributed by atoms with Gasteiger partial charge in [-0.15, -0.1) is 0 Å². The molecule has 0 bridgehead atoms. The summed E-state index contributed by atoms with van der Waals surface area (Å²) in [7, 11) is 0. The number of nitrogens with one attached hydrogen (secondary N) is 1. The molecule has 2 heterocycles. The smallest absolute Gasteiger partial charge is 0.182 e. The summed E-state index contributed by atoms with van der Waals surface area (Å²) in [6.45, 7) is 2.02. The van der Waals surface area contributed by atoms with Gasteiger partial charge in [0.25, 0.3) is 0 Å². The van der Waals surface area contributed by atoms with Crippen LogP contribution in [0.3, 0.4) is 0 Å². The fourth-order valence-corrected chi connectivity index (χ4v) is 3.10. The minimum absolute atomic E-state index is 0.272. The first-order chi connectivity index (χ1) is 12.1. The van der Waals surface area contributed by atoms with Crippen LogP contribution in [-0.2, 0) is 0 Å². The van der Waals surface area contributed by atoms with Gasteiger partial charge in [0.15, 0.2) is 4.77 Å². The maximum atomic E-state index is 13.1. The number of para-hydroxylation sites is 1. The second-order valence-electron chi connectivity index (χ2n) is 5.71. The quantitative estimate of drug-likeness (QED) is 0.537. The van der Waals surface area contributed by atoms with Gasteiger partial charge in [-0.1, -0.05) is 18.2 Å². The number of aromatic nitrogens is 4. The molecule has 2 aromatic heterocycles. The Morgan fingerprint density at radius 1 is 1.00 bits per heavy atom. The predicted molar refractivity (Wildman–Crippen MR) is 98.2 cm³/mol. The number of imidazole rings is 1. The SMILES string of the molecule is Cc1c(-c2cn(-c3ccc(F)cc3)c(=S)[nH]2)cnn1-c1ccccc1. The Morgan fingerprint density at radius 3 is 2.44 bits per heavy atom. The van der Waals surface area contributed by atoms with Crippen molar-refractivity contribution in [1.29, 1.82) is 0 Å². The molecule has 0 radical (unpaired) electrons. The van der Waals surface area contributed by atoms with E-state index in [4.69, 9.17) is 12.2 Å². The summed E-state index contributed by atoms with van der Waals surface area (Å²) in [6, 6.07) is 16.2. The highest BCUT2D eigenvalue weighted by atomic mass is 32.1. The summed E-state index contributed by atoms with van der Waals surface area (Å²) in [5.74, 6) is -0.272. The Kier molecular flexibility index (Phi) is 3.82. The molecule has 0 aliphatic heterocycles. The van der Waals surface area contributed by atoms with Gasteiger partial charge in [-0.25, -0.2) is 9.07 Å². The van der Waals surface area contributed by atoms with E-state index in [1.807, 2.05) is 58.9 Å². The third-order valence-corrected chi connectivity index (χ3v) is 4.42. The van der Waals surface area contributed by atoms with E-state index in [0.717, 1.165) is 28.3 Å². The first-order valence-corrected chi connectivity index (χ1v) is 8.22. The lowest BCUT2D eigenvalue weighted by molar-refractivity contribution is 0.627. The predicted octanol–water partition coefficient (Wildman–Crippen LogP) is 4.84. The van der Waals surface area contributed by atoms with Gasteiger partial charge >= 0.3 is 0 Å². The summed E-state index contributed by atoms with van der Waals surface area (Å²) in [5.41, 5.74) is 4.66. The Labute approximate surface area is 149 Å². The number of nitrogens with zero attached hydrogens (tertiary/aromatic N) is 3. The number of benzene rings is 2. The fraction of sp³-hybridized carbons (Fsp3) is 0.0526. The Morgan fingerprint density at radius 2 is 1.72 bits per heavy atom. The molecular weight excluding hydrogens is 335 g/mol. The molecule has 2 aromatic carbocycles. The first kappa shape index (κ1) is 15.5. The van der Waals surface area contributed by atoms with E-state index >= 15 is 0 Å². The monoisotopic (exact) mass is 350 g/mol. The van der Waals surface area contributed by atoms with Gasteiger partial charge in [-0.3, -0.25) is 4.57 Å². The molecule has 25 heavy (non-hydrogen) atoms. The Balaban J connectivity index is 1.77. The normalized spacial score (nSPS) is 11.0. The van der Waals surface area contributed by atoms with Gasteiger partial charge in [-0.2, -0.15) is 5.10 Å². The molecule has 0 amide bonds. The van der Waals surface area contributed by atoms with Gasteiger partial charge in [0.05, 0.1) is 23.3 Å². The number of H-pyrrole nitrogens is 1. The van der Waals surface area contributed by atoms with E-state index < -0.39 is 0 Å². The van der Waals surface area contributed by atoms with E-state index in [9.17, 15) is 4.39 Å². The highest BCUT2D eigenvalue weighted by Crippen LogP contribution is 2.25. The van der Waals surface area contributed by atoms with E-state index in [1.165, 1.54) is 12.1 Å². The second-order valence-corrected chi connectivity index (χ2v) is 6.10. The van der Waals surface area contributed by atoms with Crippen molar-refractivity contribution in [3.63, 3.8) is 0 Å². The molecule has 0 aliphatic rings. The highest BCUT2D eigenvalue weighted by molar-refractivity contribution is 7.71. The number of hydrogen-bond acceptors (Lipinski definition) is 2. The molecule has 4 rings (SSSR count). The maximum absolute atomic E-state index is 13.1. The number of halogens is 1. The Hall–Kier alpha value is -2.99. The molecule has 4 aromatic rings. The largest absolute Gasteiger partial charge is 0.330 e. The third kappa shape index (κ3) is 2.81. The van der Waals surface area contributed by atoms with Crippen molar-refractivity contribution >= 4 is 12.2 Å². The molecule has 124 valence electrons.